The maximum atomic E-state index is 12.3. The lowest BCUT2D eigenvalue weighted by atomic mass is 10.1. The number of nitrogens with one attached hydrogen (secondary N) is 1. The summed E-state index contributed by atoms with van der Waals surface area (Å²) < 4.78 is 5.44. The van der Waals surface area contributed by atoms with Crippen LogP contribution in [0.15, 0.2) is 42.5 Å². The van der Waals surface area contributed by atoms with Crippen LogP contribution in [-0.2, 0) is 0 Å². The monoisotopic (exact) mass is 271 g/mol. The number of carbonyl (C=O) groups excluding carboxylic acids is 1. The average molecular weight is 271 g/mol. The van der Waals surface area contributed by atoms with Gasteiger partial charge < -0.3 is 15.2 Å². The molecule has 0 fully saturated rings. The van der Waals surface area contributed by atoms with Crippen molar-refractivity contribution in [1.29, 1.82) is 0 Å². The van der Waals surface area contributed by atoms with Crippen LogP contribution in [0.5, 0.6) is 11.5 Å². The summed E-state index contributed by atoms with van der Waals surface area (Å²) in [7, 11) is 0. The lowest BCUT2D eigenvalue weighted by molar-refractivity contribution is 0.102. The first-order valence-corrected chi connectivity index (χ1v) is 6.44. The molecule has 2 aromatic rings. The maximum absolute atomic E-state index is 12.3. The molecule has 4 nitrogen and oxygen atoms in total. The topological polar surface area (TPSA) is 58.6 Å². The van der Waals surface area contributed by atoms with Crippen LogP contribution >= 0.6 is 0 Å². The molecule has 0 aromatic heterocycles. The molecule has 2 N–H and O–H groups in total. The zero-order valence-corrected chi connectivity index (χ0v) is 11.5. The third-order valence-corrected chi connectivity index (χ3v) is 2.89. The van der Waals surface area contributed by atoms with Crippen molar-refractivity contribution in [3.8, 4) is 11.5 Å². The highest BCUT2D eigenvalue weighted by Crippen LogP contribution is 2.23. The first-order valence-electron chi connectivity index (χ1n) is 6.44. The van der Waals surface area contributed by atoms with E-state index in [0.29, 0.717) is 29.2 Å². The normalized spacial score (nSPS) is 10.1. The molecule has 0 bridgehead atoms. The Bertz CT molecular complexity index is 623. The summed E-state index contributed by atoms with van der Waals surface area (Å²) in [6.07, 6.45) is 0. The van der Waals surface area contributed by atoms with Gasteiger partial charge in [0.1, 0.15) is 11.5 Å². The van der Waals surface area contributed by atoms with E-state index in [0.717, 1.165) is 0 Å². The molecule has 0 aliphatic heterocycles. The van der Waals surface area contributed by atoms with E-state index in [9.17, 15) is 9.90 Å². The third kappa shape index (κ3) is 3.09. The maximum Gasteiger partial charge on any atom is 0.259 e. The Morgan fingerprint density at radius 2 is 2.00 bits per heavy atom. The van der Waals surface area contributed by atoms with E-state index in [1.54, 1.807) is 43.3 Å². The van der Waals surface area contributed by atoms with Crippen molar-refractivity contribution in [2.24, 2.45) is 0 Å². The fourth-order valence-electron chi connectivity index (χ4n) is 1.87. The van der Waals surface area contributed by atoms with Gasteiger partial charge in [-0.3, -0.25) is 4.79 Å². The number of phenols is 1. The minimum Gasteiger partial charge on any atom is -0.508 e. The number of para-hydroxylation sites is 1. The quantitative estimate of drug-likeness (QED) is 0.838. The molecular weight excluding hydrogens is 254 g/mol. The van der Waals surface area contributed by atoms with Gasteiger partial charge in [0.05, 0.1) is 12.2 Å². The Kier molecular flexibility index (Phi) is 4.25. The predicted molar refractivity (Wildman–Crippen MR) is 78.4 cm³/mol. The number of phenolic OH excluding ortho intramolecular Hbond substituents is 1. The largest absolute Gasteiger partial charge is 0.508 e. The molecule has 2 rings (SSSR count). The molecule has 0 radical (unpaired) electrons. The van der Waals surface area contributed by atoms with Crippen LogP contribution in [-0.4, -0.2) is 17.6 Å². The van der Waals surface area contributed by atoms with Crippen LogP contribution in [0.25, 0.3) is 0 Å². The Balaban J connectivity index is 2.21. The summed E-state index contributed by atoms with van der Waals surface area (Å²) >= 11 is 0. The summed E-state index contributed by atoms with van der Waals surface area (Å²) in [5.74, 6) is 0.528. The molecule has 4 heteroatoms. The highest BCUT2D eigenvalue weighted by molar-refractivity contribution is 6.06. The summed E-state index contributed by atoms with van der Waals surface area (Å²) in [5.41, 5.74) is 1.83. The molecule has 0 aliphatic rings. The number of rotatable bonds is 4. The number of carbonyl (C=O) groups is 1. The van der Waals surface area contributed by atoms with Gasteiger partial charge in [0.15, 0.2) is 0 Å². The number of hydrogen-bond donors (Lipinski definition) is 2. The Morgan fingerprint density at radius 3 is 2.70 bits per heavy atom. The van der Waals surface area contributed by atoms with Crippen LogP contribution in [0, 0.1) is 6.92 Å². The van der Waals surface area contributed by atoms with Crippen molar-refractivity contribution in [1.82, 2.24) is 0 Å². The molecule has 0 atom stereocenters. The summed E-state index contributed by atoms with van der Waals surface area (Å²) in [6.45, 7) is 4.15. The second kappa shape index (κ2) is 6.10. The fourth-order valence-corrected chi connectivity index (χ4v) is 1.87. The average Bonchev–Trinajstić information content (AvgIpc) is 2.44. The van der Waals surface area contributed by atoms with E-state index in [2.05, 4.69) is 5.32 Å². The minimum absolute atomic E-state index is 0.206. The SMILES string of the molecule is CCOc1ccccc1C(=O)Nc1ccc(O)c(C)c1. The number of amides is 1. The Labute approximate surface area is 118 Å². The van der Waals surface area contributed by atoms with E-state index < -0.39 is 0 Å². The van der Waals surface area contributed by atoms with Gasteiger partial charge in [-0.25, -0.2) is 0 Å². The van der Waals surface area contributed by atoms with Crippen molar-refractivity contribution >= 4 is 11.6 Å². The Hall–Kier alpha value is -2.49. The molecule has 1 amide bonds. The van der Waals surface area contributed by atoms with Gasteiger partial charge in [0.25, 0.3) is 5.91 Å². The molecule has 20 heavy (non-hydrogen) atoms. The lowest BCUT2D eigenvalue weighted by Crippen LogP contribution is -2.13. The first kappa shape index (κ1) is 13.9. The van der Waals surface area contributed by atoms with Gasteiger partial charge in [0.2, 0.25) is 0 Å². The number of ether oxygens (including phenoxy) is 1. The summed E-state index contributed by atoms with van der Waals surface area (Å²) in [4.78, 5) is 12.3. The van der Waals surface area contributed by atoms with Crippen molar-refractivity contribution < 1.29 is 14.6 Å². The predicted octanol–water partition coefficient (Wildman–Crippen LogP) is 3.35. The molecular formula is C16H17NO3. The highest BCUT2D eigenvalue weighted by Gasteiger charge is 2.12. The molecule has 2 aromatic carbocycles. The standard InChI is InChI=1S/C16H17NO3/c1-3-20-15-7-5-4-6-13(15)16(19)17-12-8-9-14(18)11(2)10-12/h4-10,18H,3H2,1-2H3,(H,17,19). The van der Waals surface area contributed by atoms with Crippen molar-refractivity contribution in [2.45, 2.75) is 13.8 Å². The van der Waals surface area contributed by atoms with Gasteiger partial charge in [-0.05, 0) is 49.7 Å². The molecule has 0 saturated carbocycles. The zero-order valence-electron chi connectivity index (χ0n) is 11.5. The van der Waals surface area contributed by atoms with E-state index in [1.807, 2.05) is 13.0 Å². The van der Waals surface area contributed by atoms with Gasteiger partial charge in [0, 0.05) is 5.69 Å². The number of anilines is 1. The summed E-state index contributed by atoms with van der Waals surface area (Å²) in [6, 6.07) is 12.0. The van der Waals surface area contributed by atoms with E-state index in [-0.39, 0.29) is 11.7 Å². The van der Waals surface area contributed by atoms with Crippen molar-refractivity contribution in [2.75, 3.05) is 11.9 Å². The molecule has 0 spiro atoms. The van der Waals surface area contributed by atoms with E-state index in [4.69, 9.17) is 4.74 Å². The number of aryl methyl sites for hydroxylation is 1. The molecule has 0 heterocycles. The van der Waals surface area contributed by atoms with Crippen LogP contribution in [0.1, 0.15) is 22.8 Å². The van der Waals surface area contributed by atoms with E-state index in [1.165, 1.54) is 0 Å². The van der Waals surface area contributed by atoms with Crippen molar-refractivity contribution in [3.05, 3.63) is 53.6 Å². The lowest BCUT2D eigenvalue weighted by Gasteiger charge is -2.11. The summed E-state index contributed by atoms with van der Waals surface area (Å²) in [5, 5.41) is 12.3. The van der Waals surface area contributed by atoms with Crippen molar-refractivity contribution in [3.63, 3.8) is 0 Å². The van der Waals surface area contributed by atoms with Gasteiger partial charge in [-0.15, -0.1) is 0 Å². The molecule has 0 aliphatic carbocycles. The van der Waals surface area contributed by atoms with Crippen LogP contribution in [0.4, 0.5) is 5.69 Å². The van der Waals surface area contributed by atoms with E-state index >= 15 is 0 Å². The molecule has 0 saturated heterocycles. The van der Waals surface area contributed by atoms with Crippen LogP contribution < -0.4 is 10.1 Å². The minimum atomic E-state index is -0.237. The van der Waals surface area contributed by atoms with Gasteiger partial charge in [-0.2, -0.15) is 0 Å². The Morgan fingerprint density at radius 1 is 1.25 bits per heavy atom. The smallest absolute Gasteiger partial charge is 0.259 e. The van der Waals surface area contributed by atoms with Gasteiger partial charge >= 0.3 is 0 Å². The van der Waals surface area contributed by atoms with Crippen LogP contribution in [0.3, 0.4) is 0 Å². The van der Waals surface area contributed by atoms with Gasteiger partial charge in [-0.1, -0.05) is 12.1 Å². The van der Waals surface area contributed by atoms with Crippen LogP contribution in [0.2, 0.25) is 0 Å². The third-order valence-electron chi connectivity index (χ3n) is 2.89. The number of hydrogen-bond acceptors (Lipinski definition) is 3. The number of aromatic hydroxyl groups is 1. The first-order chi connectivity index (χ1) is 9.61. The zero-order chi connectivity index (χ0) is 14.5. The second-order valence-corrected chi connectivity index (χ2v) is 4.38. The highest BCUT2D eigenvalue weighted by atomic mass is 16.5. The molecule has 0 unspecified atom stereocenters. The second-order valence-electron chi connectivity index (χ2n) is 4.38. The number of benzene rings is 2. The molecule has 104 valence electrons. The fraction of sp³-hybridized carbons (Fsp3) is 0.188.